The number of halogens is 2. The molecule has 1 fully saturated rings. The number of benzene rings is 2. The van der Waals surface area contributed by atoms with Crippen LogP contribution in [0.25, 0.3) is 0 Å². The molecule has 1 aliphatic heterocycles. The minimum atomic E-state index is -0.414. The van der Waals surface area contributed by atoms with Gasteiger partial charge in [0.2, 0.25) is 5.91 Å². The second-order valence-electron chi connectivity index (χ2n) is 9.19. The molecule has 1 aliphatic rings. The highest BCUT2D eigenvalue weighted by atomic mass is 32.1. The number of hydrogen-bond acceptors (Lipinski definition) is 4. The highest BCUT2D eigenvalue weighted by Crippen LogP contribution is 2.20. The van der Waals surface area contributed by atoms with Gasteiger partial charge in [0, 0.05) is 30.1 Å². The molecule has 0 unspecified atom stereocenters. The summed E-state index contributed by atoms with van der Waals surface area (Å²) in [6, 6.07) is 13.6. The topological polar surface area (TPSA) is 43.9 Å². The Morgan fingerprint density at radius 2 is 1.53 bits per heavy atom. The molecule has 0 spiro atoms. The van der Waals surface area contributed by atoms with Gasteiger partial charge in [-0.05, 0) is 91.8 Å². The van der Waals surface area contributed by atoms with Gasteiger partial charge in [-0.25, -0.2) is 8.78 Å². The van der Waals surface area contributed by atoms with E-state index in [9.17, 15) is 18.4 Å². The number of hydrogen-bond donors (Lipinski definition) is 0. The van der Waals surface area contributed by atoms with Crippen molar-refractivity contribution in [3.63, 3.8) is 0 Å². The fraction of sp³-hybridized carbons (Fsp3) is 0.357. The summed E-state index contributed by atoms with van der Waals surface area (Å²) in [6.45, 7) is 5.70. The maximum Gasteiger partial charge on any atom is 0.254 e. The van der Waals surface area contributed by atoms with Crippen molar-refractivity contribution in [1.82, 2.24) is 14.7 Å². The summed E-state index contributed by atoms with van der Waals surface area (Å²) in [4.78, 5) is 33.6. The first-order valence-electron chi connectivity index (χ1n) is 12.2. The van der Waals surface area contributed by atoms with E-state index in [0.29, 0.717) is 31.7 Å². The van der Waals surface area contributed by atoms with Crippen LogP contribution in [0.2, 0.25) is 0 Å². The molecule has 5 nitrogen and oxygen atoms in total. The third kappa shape index (κ3) is 6.98. The SMILES string of the molecule is Cc1ccsc1CN(Cc1ccc(F)cc1)C(=O)CN(CCN1CCCC1)C(=O)c1ccc(F)cc1. The molecule has 3 aromatic rings. The zero-order valence-electron chi connectivity index (χ0n) is 20.5. The second-order valence-corrected chi connectivity index (χ2v) is 10.2. The number of carbonyl (C=O) groups is 2. The van der Waals surface area contributed by atoms with Crippen LogP contribution in [0.3, 0.4) is 0 Å². The predicted molar refractivity (Wildman–Crippen MR) is 138 cm³/mol. The summed E-state index contributed by atoms with van der Waals surface area (Å²) < 4.78 is 26.9. The van der Waals surface area contributed by atoms with E-state index in [2.05, 4.69) is 4.90 Å². The molecule has 0 atom stereocenters. The number of rotatable bonds is 10. The first-order valence-corrected chi connectivity index (χ1v) is 13.1. The molecule has 2 amide bonds. The van der Waals surface area contributed by atoms with Gasteiger partial charge in [-0.15, -0.1) is 11.3 Å². The summed E-state index contributed by atoms with van der Waals surface area (Å²) in [7, 11) is 0. The van der Waals surface area contributed by atoms with Crippen molar-refractivity contribution in [2.24, 2.45) is 0 Å². The lowest BCUT2D eigenvalue weighted by atomic mass is 10.1. The Morgan fingerprint density at radius 1 is 0.889 bits per heavy atom. The maximum atomic E-state index is 13.6. The van der Waals surface area contributed by atoms with Gasteiger partial charge < -0.3 is 14.7 Å². The molecule has 4 rings (SSSR count). The zero-order chi connectivity index (χ0) is 25.5. The Bertz CT molecular complexity index is 1160. The molecule has 36 heavy (non-hydrogen) atoms. The van der Waals surface area contributed by atoms with Crippen LogP contribution in [0.15, 0.2) is 60.0 Å². The summed E-state index contributed by atoms with van der Waals surface area (Å²) in [5, 5.41) is 1.99. The van der Waals surface area contributed by atoms with Crippen LogP contribution in [0.1, 0.15) is 39.2 Å². The van der Waals surface area contributed by atoms with Gasteiger partial charge in [0.1, 0.15) is 18.2 Å². The van der Waals surface area contributed by atoms with Gasteiger partial charge in [0.25, 0.3) is 5.91 Å². The molecular formula is C28H31F2N3O2S. The van der Waals surface area contributed by atoms with Crippen LogP contribution in [-0.4, -0.2) is 59.2 Å². The predicted octanol–water partition coefficient (Wildman–Crippen LogP) is 5.10. The molecule has 2 aromatic carbocycles. The molecule has 2 heterocycles. The number of nitrogens with zero attached hydrogens (tertiary/aromatic N) is 3. The third-order valence-corrected chi connectivity index (χ3v) is 7.54. The van der Waals surface area contributed by atoms with E-state index in [1.54, 1.807) is 33.3 Å². The summed E-state index contributed by atoms with van der Waals surface area (Å²) in [5.41, 5.74) is 2.27. The normalized spacial score (nSPS) is 13.6. The molecule has 0 N–H and O–H groups in total. The maximum absolute atomic E-state index is 13.6. The smallest absolute Gasteiger partial charge is 0.254 e. The fourth-order valence-electron chi connectivity index (χ4n) is 4.34. The van der Waals surface area contributed by atoms with Gasteiger partial charge in [0.15, 0.2) is 0 Å². The molecule has 1 saturated heterocycles. The first-order chi connectivity index (χ1) is 17.4. The van der Waals surface area contributed by atoms with Gasteiger partial charge in [-0.3, -0.25) is 9.59 Å². The quantitative estimate of drug-likeness (QED) is 0.380. The Balaban J connectivity index is 1.54. The van der Waals surface area contributed by atoms with E-state index < -0.39 is 5.82 Å². The number of likely N-dealkylation sites (tertiary alicyclic amines) is 1. The van der Waals surface area contributed by atoms with E-state index in [0.717, 1.165) is 41.9 Å². The average molecular weight is 512 g/mol. The van der Waals surface area contributed by atoms with E-state index in [1.165, 1.54) is 36.4 Å². The van der Waals surface area contributed by atoms with Crippen molar-refractivity contribution in [3.8, 4) is 0 Å². The van der Waals surface area contributed by atoms with Crippen LogP contribution in [0.5, 0.6) is 0 Å². The lowest BCUT2D eigenvalue weighted by Crippen LogP contribution is -2.45. The Kier molecular flexibility index (Phi) is 8.83. The molecule has 0 bridgehead atoms. The van der Waals surface area contributed by atoms with Gasteiger partial charge in [-0.1, -0.05) is 12.1 Å². The van der Waals surface area contributed by atoms with Gasteiger partial charge in [-0.2, -0.15) is 0 Å². The largest absolute Gasteiger partial charge is 0.332 e. The second kappa shape index (κ2) is 12.2. The summed E-state index contributed by atoms with van der Waals surface area (Å²) in [6.07, 6.45) is 2.27. The van der Waals surface area contributed by atoms with E-state index in [4.69, 9.17) is 0 Å². The molecule has 0 radical (unpaired) electrons. The van der Waals surface area contributed by atoms with Crippen molar-refractivity contribution in [2.75, 3.05) is 32.7 Å². The minimum Gasteiger partial charge on any atom is -0.332 e. The number of amides is 2. The monoisotopic (exact) mass is 511 g/mol. The van der Waals surface area contributed by atoms with Crippen molar-refractivity contribution >= 4 is 23.2 Å². The fourth-order valence-corrected chi connectivity index (χ4v) is 5.26. The third-order valence-electron chi connectivity index (χ3n) is 6.53. The Labute approximate surface area is 214 Å². The Hall–Kier alpha value is -3.10. The van der Waals surface area contributed by atoms with Crippen molar-refractivity contribution in [1.29, 1.82) is 0 Å². The van der Waals surface area contributed by atoms with Gasteiger partial charge >= 0.3 is 0 Å². The Morgan fingerprint density at radius 3 is 2.14 bits per heavy atom. The molecule has 1 aromatic heterocycles. The molecule has 190 valence electrons. The average Bonchev–Trinajstić information content (AvgIpc) is 3.54. The highest BCUT2D eigenvalue weighted by molar-refractivity contribution is 7.10. The van der Waals surface area contributed by atoms with Crippen molar-refractivity contribution < 1.29 is 18.4 Å². The van der Waals surface area contributed by atoms with Crippen LogP contribution in [0, 0.1) is 18.6 Å². The molecule has 0 saturated carbocycles. The van der Waals surface area contributed by atoms with E-state index in [1.807, 2.05) is 18.4 Å². The first kappa shape index (κ1) is 26.0. The minimum absolute atomic E-state index is 0.0876. The van der Waals surface area contributed by atoms with Crippen LogP contribution in [-0.2, 0) is 17.9 Å². The summed E-state index contributed by atoms with van der Waals surface area (Å²) in [5.74, 6) is -1.23. The standard InChI is InChI=1S/C28H31F2N3O2S/c1-21-12-17-36-26(21)19-33(18-22-4-8-24(29)9-5-22)27(34)20-32(16-15-31-13-2-3-14-31)28(35)23-6-10-25(30)11-7-23/h4-12,17H,2-3,13-16,18-20H2,1H3. The highest BCUT2D eigenvalue weighted by Gasteiger charge is 2.24. The van der Waals surface area contributed by atoms with E-state index in [-0.39, 0.29) is 24.2 Å². The van der Waals surface area contributed by atoms with Crippen LogP contribution in [0.4, 0.5) is 8.78 Å². The van der Waals surface area contributed by atoms with Crippen LogP contribution < -0.4 is 0 Å². The summed E-state index contributed by atoms with van der Waals surface area (Å²) >= 11 is 1.58. The lowest BCUT2D eigenvalue weighted by molar-refractivity contribution is -0.133. The van der Waals surface area contributed by atoms with E-state index >= 15 is 0 Å². The molecule has 8 heteroatoms. The number of aryl methyl sites for hydroxylation is 1. The van der Waals surface area contributed by atoms with Crippen molar-refractivity contribution in [3.05, 3.63) is 93.2 Å². The molecule has 0 aliphatic carbocycles. The van der Waals surface area contributed by atoms with Crippen molar-refractivity contribution in [2.45, 2.75) is 32.9 Å². The lowest BCUT2D eigenvalue weighted by Gasteiger charge is -2.29. The number of thiophene rings is 1. The zero-order valence-corrected chi connectivity index (χ0v) is 21.3. The van der Waals surface area contributed by atoms with Gasteiger partial charge in [0.05, 0.1) is 6.54 Å². The molecular weight excluding hydrogens is 480 g/mol. The van der Waals surface area contributed by atoms with Crippen LogP contribution >= 0.6 is 11.3 Å². The number of carbonyl (C=O) groups excluding carboxylic acids is 2.